The Morgan fingerprint density at radius 1 is 1.23 bits per heavy atom. The second-order valence-corrected chi connectivity index (χ2v) is 7.19. The molecule has 3 atom stereocenters. The molecule has 2 aliphatic rings. The minimum absolute atomic E-state index is 0.348. The first-order valence-corrected chi connectivity index (χ1v) is 9.81. The van der Waals surface area contributed by atoms with Crippen molar-refractivity contribution < 1.29 is 0 Å². The van der Waals surface area contributed by atoms with Crippen molar-refractivity contribution in [2.24, 2.45) is 4.99 Å². The highest BCUT2D eigenvalue weighted by Crippen LogP contribution is 2.40. The van der Waals surface area contributed by atoms with Crippen molar-refractivity contribution in [2.45, 2.75) is 64.1 Å². The van der Waals surface area contributed by atoms with Crippen LogP contribution in [-0.2, 0) is 19.4 Å². The van der Waals surface area contributed by atoms with Gasteiger partial charge in [0, 0.05) is 37.4 Å². The molecular formula is C20H28N6. The van der Waals surface area contributed by atoms with Crippen molar-refractivity contribution in [3.8, 4) is 0 Å². The molecule has 0 saturated heterocycles. The van der Waals surface area contributed by atoms with Gasteiger partial charge in [-0.2, -0.15) is 5.10 Å². The molecule has 1 aliphatic heterocycles. The van der Waals surface area contributed by atoms with Crippen LogP contribution in [0.25, 0.3) is 0 Å². The van der Waals surface area contributed by atoms with E-state index in [1.165, 1.54) is 12.0 Å². The summed E-state index contributed by atoms with van der Waals surface area (Å²) < 4.78 is 2.06. The minimum atomic E-state index is 0.348. The van der Waals surface area contributed by atoms with E-state index in [1.807, 2.05) is 0 Å². The van der Waals surface area contributed by atoms with E-state index < -0.39 is 0 Å². The van der Waals surface area contributed by atoms with Gasteiger partial charge in [-0.3, -0.25) is 4.99 Å². The number of nitrogens with one attached hydrogen (secondary N) is 2. The van der Waals surface area contributed by atoms with Crippen LogP contribution in [0.3, 0.4) is 0 Å². The first-order valence-electron chi connectivity index (χ1n) is 9.81. The van der Waals surface area contributed by atoms with Crippen molar-refractivity contribution in [1.82, 2.24) is 25.4 Å². The van der Waals surface area contributed by atoms with Gasteiger partial charge in [0.05, 0.1) is 6.54 Å². The molecule has 3 unspecified atom stereocenters. The maximum absolute atomic E-state index is 4.65. The van der Waals surface area contributed by atoms with Gasteiger partial charge in [0.2, 0.25) is 0 Å². The summed E-state index contributed by atoms with van der Waals surface area (Å²) >= 11 is 0. The molecule has 0 spiro atoms. The highest BCUT2D eigenvalue weighted by Gasteiger charge is 2.39. The fourth-order valence-corrected chi connectivity index (χ4v) is 3.71. The summed E-state index contributed by atoms with van der Waals surface area (Å²) in [5.74, 6) is 3.60. The molecule has 1 aromatic heterocycles. The van der Waals surface area contributed by atoms with Gasteiger partial charge < -0.3 is 10.6 Å². The van der Waals surface area contributed by atoms with E-state index in [0.717, 1.165) is 50.0 Å². The molecule has 26 heavy (non-hydrogen) atoms. The third kappa shape index (κ3) is 3.74. The van der Waals surface area contributed by atoms with Crippen LogP contribution in [0, 0.1) is 0 Å². The molecule has 1 aromatic carbocycles. The largest absolute Gasteiger partial charge is 0.353 e. The summed E-state index contributed by atoms with van der Waals surface area (Å²) in [7, 11) is 0. The fraction of sp³-hybridized carbons (Fsp3) is 0.550. The molecule has 0 radical (unpaired) electrons. The molecule has 6 nitrogen and oxygen atoms in total. The Balaban J connectivity index is 1.36. The van der Waals surface area contributed by atoms with E-state index in [9.17, 15) is 0 Å². The molecule has 2 N–H and O–H groups in total. The summed E-state index contributed by atoms with van der Waals surface area (Å²) in [6.07, 6.45) is 4.11. The van der Waals surface area contributed by atoms with Crippen LogP contribution in [0.1, 0.15) is 49.8 Å². The van der Waals surface area contributed by atoms with Crippen LogP contribution in [-0.4, -0.2) is 39.4 Å². The Hall–Kier alpha value is -2.37. The Morgan fingerprint density at radius 2 is 2.08 bits per heavy atom. The molecule has 6 heteroatoms. The highest BCUT2D eigenvalue weighted by molar-refractivity contribution is 5.81. The van der Waals surface area contributed by atoms with Crippen molar-refractivity contribution in [3.63, 3.8) is 0 Å². The Kier molecular flexibility index (Phi) is 4.91. The second kappa shape index (κ2) is 7.48. The molecule has 2 heterocycles. The quantitative estimate of drug-likeness (QED) is 0.640. The fourth-order valence-electron chi connectivity index (χ4n) is 3.71. The number of fused-ring (bicyclic) bond motifs is 1. The molecule has 1 aliphatic carbocycles. The first-order chi connectivity index (χ1) is 12.8. The van der Waals surface area contributed by atoms with Gasteiger partial charge in [-0.05, 0) is 25.3 Å². The Morgan fingerprint density at radius 3 is 2.85 bits per heavy atom. The summed E-state index contributed by atoms with van der Waals surface area (Å²) in [5, 5.41) is 11.8. The van der Waals surface area contributed by atoms with Gasteiger partial charge in [-0.1, -0.05) is 37.3 Å². The van der Waals surface area contributed by atoms with Gasteiger partial charge in [0.1, 0.15) is 5.82 Å². The van der Waals surface area contributed by atoms with Crippen LogP contribution >= 0.6 is 0 Å². The predicted molar refractivity (Wildman–Crippen MR) is 103 cm³/mol. The number of nitrogens with zero attached hydrogens (tertiary/aromatic N) is 4. The third-order valence-electron chi connectivity index (χ3n) is 5.22. The van der Waals surface area contributed by atoms with Crippen LogP contribution < -0.4 is 10.6 Å². The van der Waals surface area contributed by atoms with Gasteiger partial charge in [0.15, 0.2) is 11.8 Å². The van der Waals surface area contributed by atoms with E-state index >= 15 is 0 Å². The summed E-state index contributed by atoms with van der Waals surface area (Å²) in [4.78, 5) is 9.25. The second-order valence-electron chi connectivity index (χ2n) is 7.19. The number of aliphatic imine (C=N–C) groups is 1. The van der Waals surface area contributed by atoms with E-state index in [4.69, 9.17) is 0 Å². The molecule has 4 rings (SSSR count). The minimum Gasteiger partial charge on any atom is -0.353 e. The monoisotopic (exact) mass is 352 g/mol. The van der Waals surface area contributed by atoms with Gasteiger partial charge in [-0.15, -0.1) is 0 Å². The summed E-state index contributed by atoms with van der Waals surface area (Å²) in [6.45, 7) is 5.82. The lowest BCUT2D eigenvalue weighted by Crippen LogP contribution is -2.48. The normalized spacial score (nSPS) is 24.8. The number of aryl methyl sites for hydroxylation is 2. The van der Waals surface area contributed by atoms with Crippen molar-refractivity contribution in [3.05, 3.63) is 47.5 Å². The lowest BCUT2D eigenvalue weighted by Gasteiger charge is -2.25. The van der Waals surface area contributed by atoms with Crippen molar-refractivity contribution in [2.75, 3.05) is 6.54 Å². The van der Waals surface area contributed by atoms with E-state index in [0.29, 0.717) is 18.0 Å². The smallest absolute Gasteiger partial charge is 0.191 e. The topological polar surface area (TPSA) is 67.1 Å². The molecular weight excluding hydrogens is 324 g/mol. The lowest BCUT2D eigenvalue weighted by molar-refractivity contribution is 0.392. The standard InChI is InChI=1S/C20H28N6/c1-3-18-24-19-11-10-15(13-26(19)25-18)22-20(21-4-2)23-17-12-16(17)14-8-6-5-7-9-14/h5-9,15-17H,3-4,10-13H2,1-2H3,(H2,21,22,23). The summed E-state index contributed by atoms with van der Waals surface area (Å²) in [5.41, 5.74) is 1.41. The number of hydrogen-bond acceptors (Lipinski definition) is 3. The first kappa shape index (κ1) is 17.1. The molecule has 1 saturated carbocycles. The molecule has 138 valence electrons. The van der Waals surface area contributed by atoms with Crippen LogP contribution in [0.4, 0.5) is 0 Å². The third-order valence-corrected chi connectivity index (χ3v) is 5.22. The maximum atomic E-state index is 4.65. The number of rotatable bonds is 5. The summed E-state index contributed by atoms with van der Waals surface area (Å²) in [6, 6.07) is 11.6. The van der Waals surface area contributed by atoms with Crippen molar-refractivity contribution >= 4 is 5.96 Å². The molecule has 0 bridgehead atoms. The average Bonchev–Trinajstić information content (AvgIpc) is 3.30. The predicted octanol–water partition coefficient (Wildman–Crippen LogP) is 2.27. The van der Waals surface area contributed by atoms with E-state index in [1.54, 1.807) is 0 Å². The van der Waals surface area contributed by atoms with E-state index in [-0.39, 0.29) is 0 Å². The number of hydrogen-bond donors (Lipinski definition) is 2. The zero-order chi connectivity index (χ0) is 17.9. The van der Waals surface area contributed by atoms with Gasteiger partial charge >= 0.3 is 0 Å². The van der Waals surface area contributed by atoms with Gasteiger partial charge in [0.25, 0.3) is 0 Å². The van der Waals surface area contributed by atoms with Crippen LogP contribution in [0.2, 0.25) is 0 Å². The number of benzene rings is 1. The lowest BCUT2D eigenvalue weighted by atomic mass is 10.1. The number of guanidine groups is 1. The highest BCUT2D eigenvalue weighted by atomic mass is 15.4. The Bertz CT molecular complexity index is 766. The SMILES string of the molecule is CCN=C(NC1CCc2nc(CC)nn2C1)NC1CC1c1ccccc1. The zero-order valence-corrected chi connectivity index (χ0v) is 15.7. The van der Waals surface area contributed by atoms with Crippen LogP contribution in [0.5, 0.6) is 0 Å². The molecule has 1 fully saturated rings. The maximum Gasteiger partial charge on any atom is 0.191 e. The van der Waals surface area contributed by atoms with Gasteiger partial charge in [-0.25, -0.2) is 9.67 Å². The zero-order valence-electron chi connectivity index (χ0n) is 15.7. The molecule has 0 amide bonds. The average molecular weight is 352 g/mol. The Labute approximate surface area is 155 Å². The van der Waals surface area contributed by atoms with E-state index in [2.05, 4.69) is 74.6 Å². The van der Waals surface area contributed by atoms with Crippen LogP contribution in [0.15, 0.2) is 35.3 Å². The van der Waals surface area contributed by atoms with Crippen molar-refractivity contribution in [1.29, 1.82) is 0 Å². The number of aromatic nitrogens is 3. The molecule has 2 aromatic rings.